The van der Waals surface area contributed by atoms with Crippen LogP contribution in [0.2, 0.25) is 0 Å². The second kappa shape index (κ2) is 7.62. The fourth-order valence-corrected chi connectivity index (χ4v) is 2.77. The summed E-state index contributed by atoms with van der Waals surface area (Å²) >= 11 is 0. The number of carbonyl (C=O) groups excluding carboxylic acids is 1. The number of nitrogens with one attached hydrogen (secondary N) is 2. The number of hydrogen-bond donors (Lipinski definition) is 3. The molecule has 24 heavy (non-hydrogen) atoms. The molecule has 0 aliphatic rings. The van der Waals surface area contributed by atoms with Crippen molar-refractivity contribution in [2.24, 2.45) is 0 Å². The fourth-order valence-electron chi connectivity index (χ4n) is 1.73. The van der Waals surface area contributed by atoms with Gasteiger partial charge in [0.05, 0.1) is 11.3 Å². The topological polar surface area (TPSA) is 113 Å². The lowest BCUT2D eigenvalue weighted by molar-refractivity contribution is -0.157. The van der Waals surface area contributed by atoms with Crippen molar-refractivity contribution >= 4 is 21.9 Å². The van der Waals surface area contributed by atoms with Crippen LogP contribution < -0.4 is 10.0 Å². The largest absolute Gasteiger partial charge is 0.480 e. The highest BCUT2D eigenvalue weighted by Crippen LogP contribution is 2.22. The zero-order valence-electron chi connectivity index (χ0n) is 12.4. The molecule has 0 spiro atoms. The minimum atomic E-state index is -4.76. The van der Waals surface area contributed by atoms with Gasteiger partial charge in [-0.05, 0) is 24.3 Å². The molecule has 7 nitrogen and oxygen atoms in total. The van der Waals surface area contributed by atoms with Crippen LogP contribution in [0.15, 0.2) is 29.2 Å². The third-order valence-corrected chi connectivity index (χ3v) is 4.36. The van der Waals surface area contributed by atoms with Crippen LogP contribution in [0, 0.1) is 0 Å². The van der Waals surface area contributed by atoms with Gasteiger partial charge in [0.15, 0.2) is 0 Å². The Morgan fingerprint density at radius 3 is 2.17 bits per heavy atom. The number of hydrogen-bond acceptors (Lipinski definition) is 4. The average molecular weight is 368 g/mol. The van der Waals surface area contributed by atoms with Crippen LogP contribution in [-0.4, -0.2) is 44.2 Å². The normalized spacial score (nSPS) is 13.3. The van der Waals surface area contributed by atoms with Gasteiger partial charge in [0.1, 0.15) is 6.04 Å². The van der Waals surface area contributed by atoms with E-state index in [1.807, 2.05) is 0 Å². The first-order valence-corrected chi connectivity index (χ1v) is 8.14. The van der Waals surface area contributed by atoms with E-state index in [1.54, 1.807) is 12.2 Å². The van der Waals surface area contributed by atoms with Crippen LogP contribution in [0.4, 0.5) is 13.2 Å². The lowest BCUT2D eigenvalue weighted by Crippen LogP contribution is -2.43. The summed E-state index contributed by atoms with van der Waals surface area (Å²) in [5.41, 5.74) is -0.168. The van der Waals surface area contributed by atoms with E-state index in [-0.39, 0.29) is 17.0 Å². The maximum Gasteiger partial charge on any atom is 0.391 e. The average Bonchev–Trinajstić information content (AvgIpc) is 2.45. The van der Waals surface area contributed by atoms with Crippen molar-refractivity contribution in [2.75, 3.05) is 6.54 Å². The Morgan fingerprint density at radius 2 is 1.75 bits per heavy atom. The first-order valence-electron chi connectivity index (χ1n) is 6.66. The second-order valence-corrected chi connectivity index (χ2v) is 6.48. The van der Waals surface area contributed by atoms with Crippen molar-refractivity contribution in [3.8, 4) is 0 Å². The molecule has 1 aromatic carbocycles. The maximum atomic E-state index is 12.3. The quantitative estimate of drug-likeness (QED) is 0.668. The number of rotatable bonds is 7. The summed E-state index contributed by atoms with van der Waals surface area (Å²) in [4.78, 5) is 22.5. The third kappa shape index (κ3) is 5.81. The number of aliphatic carboxylic acids is 1. The fraction of sp³-hybridized carbons (Fsp3) is 0.385. The van der Waals surface area contributed by atoms with E-state index in [4.69, 9.17) is 5.11 Å². The molecule has 11 heteroatoms. The third-order valence-electron chi connectivity index (χ3n) is 2.80. The van der Waals surface area contributed by atoms with Crippen LogP contribution >= 0.6 is 0 Å². The highest BCUT2D eigenvalue weighted by Gasteiger charge is 2.36. The standard InChI is InChI=1S/C13H15F3N2O5S/c1-2-17-24(22,23)9-5-3-8(4-6-9)11(19)18-10(12(20)21)7-13(14,15)16/h3-6,10,17H,2,7H2,1H3,(H,18,19)(H,20,21). The number of sulfonamides is 1. The van der Waals surface area contributed by atoms with Crippen molar-refractivity contribution in [3.05, 3.63) is 29.8 Å². The Kier molecular flexibility index (Phi) is 6.32. The van der Waals surface area contributed by atoms with Crippen LogP contribution in [0.5, 0.6) is 0 Å². The molecule has 0 bridgehead atoms. The van der Waals surface area contributed by atoms with E-state index in [0.717, 1.165) is 24.3 Å². The van der Waals surface area contributed by atoms with Gasteiger partial charge in [0, 0.05) is 12.1 Å². The van der Waals surface area contributed by atoms with E-state index in [1.165, 1.54) is 0 Å². The van der Waals surface area contributed by atoms with Crippen LogP contribution in [-0.2, 0) is 14.8 Å². The van der Waals surface area contributed by atoms with Gasteiger partial charge in [0.25, 0.3) is 5.91 Å². The molecule has 0 aromatic heterocycles. The predicted octanol–water partition coefficient (Wildman–Crippen LogP) is 1.12. The predicted molar refractivity (Wildman–Crippen MR) is 76.9 cm³/mol. The van der Waals surface area contributed by atoms with Crippen molar-refractivity contribution in [1.82, 2.24) is 10.0 Å². The summed E-state index contributed by atoms with van der Waals surface area (Å²) < 4.78 is 62.5. The first kappa shape index (κ1) is 19.9. The zero-order chi connectivity index (χ0) is 18.5. The number of amides is 1. The van der Waals surface area contributed by atoms with Gasteiger partial charge in [0.2, 0.25) is 10.0 Å². The molecule has 1 atom stereocenters. The molecule has 0 saturated carbocycles. The lowest BCUT2D eigenvalue weighted by Gasteiger charge is -2.16. The SMILES string of the molecule is CCNS(=O)(=O)c1ccc(C(=O)NC(CC(F)(F)F)C(=O)O)cc1. The molecular weight excluding hydrogens is 353 g/mol. The van der Waals surface area contributed by atoms with Gasteiger partial charge in [-0.3, -0.25) is 4.79 Å². The van der Waals surface area contributed by atoms with E-state index in [9.17, 15) is 31.2 Å². The Bertz CT molecular complexity index is 701. The number of carbonyl (C=O) groups is 2. The van der Waals surface area contributed by atoms with Crippen molar-refractivity contribution < 1.29 is 36.3 Å². The maximum absolute atomic E-state index is 12.3. The molecule has 0 saturated heterocycles. The molecule has 0 aliphatic carbocycles. The first-order chi connectivity index (χ1) is 11.0. The Morgan fingerprint density at radius 1 is 1.21 bits per heavy atom. The highest BCUT2D eigenvalue weighted by molar-refractivity contribution is 7.89. The van der Waals surface area contributed by atoms with Crippen LogP contribution in [0.3, 0.4) is 0 Å². The van der Waals surface area contributed by atoms with Gasteiger partial charge < -0.3 is 10.4 Å². The number of alkyl halides is 3. The summed E-state index contributed by atoms with van der Waals surface area (Å²) in [6.07, 6.45) is -6.49. The molecule has 3 N–H and O–H groups in total. The molecule has 1 unspecified atom stereocenters. The van der Waals surface area contributed by atoms with Crippen LogP contribution in [0.25, 0.3) is 0 Å². The van der Waals surface area contributed by atoms with Crippen LogP contribution in [0.1, 0.15) is 23.7 Å². The molecule has 134 valence electrons. The molecule has 1 amide bonds. The van der Waals surface area contributed by atoms with Gasteiger partial charge in [-0.2, -0.15) is 13.2 Å². The number of halogens is 3. The minimum Gasteiger partial charge on any atom is -0.480 e. The molecular formula is C13H15F3N2O5S. The van der Waals surface area contributed by atoms with Gasteiger partial charge in [-0.15, -0.1) is 0 Å². The smallest absolute Gasteiger partial charge is 0.391 e. The molecule has 0 fully saturated rings. The Labute approximate surface area is 135 Å². The van der Waals surface area contributed by atoms with Crippen molar-refractivity contribution in [2.45, 2.75) is 30.5 Å². The Balaban J connectivity index is 2.90. The van der Waals surface area contributed by atoms with Gasteiger partial charge in [-0.25, -0.2) is 17.9 Å². The number of carboxylic acids is 1. The summed E-state index contributed by atoms with van der Waals surface area (Å²) in [5.74, 6) is -2.88. The highest BCUT2D eigenvalue weighted by atomic mass is 32.2. The summed E-state index contributed by atoms with van der Waals surface area (Å²) in [6, 6.07) is 2.19. The lowest BCUT2D eigenvalue weighted by atomic mass is 10.1. The summed E-state index contributed by atoms with van der Waals surface area (Å²) in [6.45, 7) is 1.73. The van der Waals surface area contributed by atoms with Crippen molar-refractivity contribution in [3.63, 3.8) is 0 Å². The van der Waals surface area contributed by atoms with Gasteiger partial charge in [-0.1, -0.05) is 6.92 Å². The minimum absolute atomic E-state index is 0.133. The van der Waals surface area contributed by atoms with Gasteiger partial charge >= 0.3 is 12.1 Å². The van der Waals surface area contributed by atoms with E-state index in [0.29, 0.717) is 0 Å². The van der Waals surface area contributed by atoms with E-state index < -0.39 is 40.5 Å². The molecule has 1 rings (SSSR count). The molecule has 1 aromatic rings. The van der Waals surface area contributed by atoms with Crippen molar-refractivity contribution in [1.29, 1.82) is 0 Å². The van der Waals surface area contributed by atoms with E-state index >= 15 is 0 Å². The second-order valence-electron chi connectivity index (χ2n) is 4.71. The molecule has 0 radical (unpaired) electrons. The molecule has 0 heterocycles. The summed E-state index contributed by atoms with van der Waals surface area (Å²) in [7, 11) is -3.74. The van der Waals surface area contributed by atoms with E-state index in [2.05, 4.69) is 4.72 Å². The number of benzene rings is 1. The summed E-state index contributed by atoms with van der Waals surface area (Å²) in [5, 5.41) is 10.5. The number of carboxylic acid groups (broad SMARTS) is 1. The molecule has 0 aliphatic heterocycles. The Hall–Kier alpha value is -2.14. The zero-order valence-corrected chi connectivity index (χ0v) is 13.2. The monoisotopic (exact) mass is 368 g/mol.